The number of methoxy groups -OCH3 is 1. The van der Waals surface area contributed by atoms with Crippen molar-refractivity contribution in [3.05, 3.63) is 53.6 Å². The highest BCUT2D eigenvalue weighted by atomic mass is 32.2. The van der Waals surface area contributed by atoms with Crippen LogP contribution in [0, 0.1) is 5.82 Å². The lowest BCUT2D eigenvalue weighted by Gasteiger charge is -2.31. The molecule has 3 aromatic rings. The molecule has 2 aliphatic heterocycles. The van der Waals surface area contributed by atoms with Gasteiger partial charge in [-0.05, 0) is 30.3 Å². The van der Waals surface area contributed by atoms with E-state index >= 15 is 0 Å². The number of hydrogen-bond acceptors (Lipinski definition) is 9. The highest BCUT2D eigenvalue weighted by molar-refractivity contribution is 8.00. The van der Waals surface area contributed by atoms with Crippen LogP contribution in [0.3, 0.4) is 0 Å². The summed E-state index contributed by atoms with van der Waals surface area (Å²) in [7, 11) is 1.52. The van der Waals surface area contributed by atoms with Gasteiger partial charge in [-0.3, -0.25) is 9.78 Å². The summed E-state index contributed by atoms with van der Waals surface area (Å²) in [5.41, 5.74) is 1.49. The first-order valence-electron chi connectivity index (χ1n) is 11.2. The van der Waals surface area contributed by atoms with Crippen molar-refractivity contribution in [2.45, 2.75) is 36.3 Å². The van der Waals surface area contributed by atoms with Crippen molar-refractivity contribution in [1.82, 2.24) is 15.3 Å². The maximum absolute atomic E-state index is 14.6. The quantitative estimate of drug-likeness (QED) is 0.450. The molecule has 11 heteroatoms. The van der Waals surface area contributed by atoms with Crippen LogP contribution in [-0.4, -0.2) is 59.4 Å². The molecule has 0 radical (unpaired) electrons. The number of aliphatic hydroxyl groups excluding tert-OH is 1. The van der Waals surface area contributed by atoms with Crippen LogP contribution in [0.15, 0.2) is 41.4 Å². The number of aliphatic hydroxyl groups is 1. The summed E-state index contributed by atoms with van der Waals surface area (Å²) in [4.78, 5) is 21.1. The topological polar surface area (TPSA) is 115 Å². The van der Waals surface area contributed by atoms with Crippen LogP contribution in [0.2, 0.25) is 0 Å². The molecule has 3 N–H and O–H groups in total. The standard InChI is InChI=1S/C24H25FN4O5S/c1-32-15-3-4-18-16(6-15)23(17(25)9-27-18)19(30)7-22-33-10-14(11-34-22)26-8-13-2-5-20-24(28-13)29-21(31)12-35-20/h2-6,9,14,19,22,26,30H,7-8,10-12H2,1H3,(H,28,29,31). The second kappa shape index (κ2) is 10.4. The van der Waals surface area contributed by atoms with Gasteiger partial charge in [0.1, 0.15) is 17.4 Å². The fraction of sp³-hybridized carbons (Fsp3) is 0.375. The van der Waals surface area contributed by atoms with Crippen molar-refractivity contribution >= 4 is 34.4 Å². The van der Waals surface area contributed by atoms with Crippen molar-refractivity contribution in [2.75, 3.05) is 31.4 Å². The zero-order valence-corrected chi connectivity index (χ0v) is 19.8. The first-order chi connectivity index (χ1) is 17.0. The fourth-order valence-electron chi connectivity index (χ4n) is 4.08. The molecule has 0 saturated carbocycles. The molecule has 1 unspecified atom stereocenters. The number of thioether (sulfide) groups is 1. The molecule has 1 amide bonds. The maximum Gasteiger partial charge on any atom is 0.235 e. The molecule has 184 valence electrons. The van der Waals surface area contributed by atoms with Crippen LogP contribution in [-0.2, 0) is 20.8 Å². The van der Waals surface area contributed by atoms with Gasteiger partial charge < -0.3 is 30.0 Å². The lowest BCUT2D eigenvalue weighted by molar-refractivity contribution is -0.202. The second-order valence-corrected chi connectivity index (χ2v) is 9.33. The molecule has 1 atom stereocenters. The highest BCUT2D eigenvalue weighted by Gasteiger charge is 2.27. The van der Waals surface area contributed by atoms with Gasteiger partial charge in [0, 0.05) is 23.9 Å². The number of halogens is 1. The molecule has 1 fully saturated rings. The summed E-state index contributed by atoms with van der Waals surface area (Å²) in [5, 5.41) is 17.4. The third kappa shape index (κ3) is 5.39. The number of benzene rings is 1. The summed E-state index contributed by atoms with van der Waals surface area (Å²) in [5.74, 6) is 0.884. The van der Waals surface area contributed by atoms with Crippen LogP contribution in [0.5, 0.6) is 5.75 Å². The second-order valence-electron chi connectivity index (χ2n) is 8.31. The Labute approximate surface area is 205 Å². The van der Waals surface area contributed by atoms with Gasteiger partial charge >= 0.3 is 0 Å². The van der Waals surface area contributed by atoms with E-state index in [1.165, 1.54) is 18.9 Å². The Hall–Kier alpha value is -2.83. The predicted molar refractivity (Wildman–Crippen MR) is 128 cm³/mol. The number of amides is 1. The minimum atomic E-state index is -1.14. The number of aromatic nitrogens is 2. The van der Waals surface area contributed by atoms with Crippen molar-refractivity contribution in [3.8, 4) is 5.75 Å². The van der Waals surface area contributed by atoms with Crippen LogP contribution >= 0.6 is 11.8 Å². The van der Waals surface area contributed by atoms with Gasteiger partial charge in [0.05, 0.1) is 60.5 Å². The molecular formula is C24H25FN4O5S. The first kappa shape index (κ1) is 23.9. The molecule has 35 heavy (non-hydrogen) atoms. The number of hydrogen-bond donors (Lipinski definition) is 3. The summed E-state index contributed by atoms with van der Waals surface area (Å²) >= 11 is 1.47. The van der Waals surface area contributed by atoms with E-state index in [2.05, 4.69) is 20.6 Å². The van der Waals surface area contributed by atoms with Crippen LogP contribution < -0.4 is 15.4 Å². The van der Waals surface area contributed by atoms with E-state index in [-0.39, 0.29) is 23.9 Å². The lowest BCUT2D eigenvalue weighted by Crippen LogP contribution is -2.44. The Bertz CT molecular complexity index is 1240. The van der Waals surface area contributed by atoms with Crippen LogP contribution in [0.4, 0.5) is 10.2 Å². The van der Waals surface area contributed by atoms with Gasteiger partial charge in [-0.25, -0.2) is 9.37 Å². The Morgan fingerprint density at radius 1 is 1.31 bits per heavy atom. The van der Waals surface area contributed by atoms with Crippen molar-refractivity contribution in [3.63, 3.8) is 0 Å². The number of carbonyl (C=O) groups excluding carboxylic acids is 1. The van der Waals surface area contributed by atoms with Gasteiger partial charge in [0.15, 0.2) is 6.29 Å². The maximum atomic E-state index is 14.6. The Morgan fingerprint density at radius 2 is 2.14 bits per heavy atom. The summed E-state index contributed by atoms with van der Waals surface area (Å²) in [6.45, 7) is 1.21. The summed E-state index contributed by atoms with van der Waals surface area (Å²) in [6.07, 6.45) is -0.640. The van der Waals surface area contributed by atoms with Gasteiger partial charge in [0.2, 0.25) is 5.91 Å². The van der Waals surface area contributed by atoms with E-state index in [0.29, 0.717) is 48.0 Å². The van der Waals surface area contributed by atoms with E-state index in [1.54, 1.807) is 18.2 Å². The SMILES string of the molecule is COc1ccc2ncc(F)c(C(O)CC3OCC(NCc4ccc5c(n4)NC(=O)CS5)CO3)c2c1. The Morgan fingerprint density at radius 3 is 2.94 bits per heavy atom. The number of fused-ring (bicyclic) bond motifs is 2. The van der Waals surface area contributed by atoms with E-state index in [0.717, 1.165) is 16.8 Å². The summed E-state index contributed by atoms with van der Waals surface area (Å²) in [6, 6.07) is 8.91. The molecule has 1 aromatic carbocycles. The molecule has 2 aromatic heterocycles. The molecule has 9 nitrogen and oxygen atoms in total. The minimum absolute atomic E-state index is 0.0544. The van der Waals surface area contributed by atoms with Crippen molar-refractivity contribution in [1.29, 1.82) is 0 Å². The molecule has 2 aliphatic rings. The Balaban J connectivity index is 1.16. The number of nitrogens with one attached hydrogen (secondary N) is 2. The first-order valence-corrected chi connectivity index (χ1v) is 12.2. The van der Waals surface area contributed by atoms with Crippen molar-refractivity contribution < 1.29 is 28.5 Å². The number of rotatable bonds is 7. The predicted octanol–water partition coefficient (Wildman–Crippen LogP) is 2.78. The van der Waals surface area contributed by atoms with E-state index in [9.17, 15) is 14.3 Å². The fourth-order valence-corrected chi connectivity index (χ4v) is 4.84. The van der Waals surface area contributed by atoms with Gasteiger partial charge in [-0.15, -0.1) is 11.8 Å². The Kier molecular flexibility index (Phi) is 7.12. The number of nitrogens with zero attached hydrogens (tertiary/aromatic N) is 2. The third-order valence-corrected chi connectivity index (χ3v) is 6.94. The van der Waals surface area contributed by atoms with Crippen LogP contribution in [0.25, 0.3) is 10.9 Å². The molecule has 0 bridgehead atoms. The zero-order chi connectivity index (χ0) is 24.4. The van der Waals surface area contributed by atoms with Gasteiger partial charge in [-0.1, -0.05) is 0 Å². The number of pyridine rings is 2. The van der Waals surface area contributed by atoms with E-state index in [1.807, 2.05) is 12.1 Å². The normalized spacial score (nSPS) is 20.8. The van der Waals surface area contributed by atoms with E-state index in [4.69, 9.17) is 14.2 Å². The number of ether oxygens (including phenoxy) is 3. The van der Waals surface area contributed by atoms with Gasteiger partial charge in [0.25, 0.3) is 0 Å². The minimum Gasteiger partial charge on any atom is -0.497 e. The lowest BCUT2D eigenvalue weighted by atomic mass is 10.0. The molecule has 1 saturated heterocycles. The molecular weight excluding hydrogens is 475 g/mol. The molecule has 0 aliphatic carbocycles. The molecule has 0 spiro atoms. The highest BCUT2D eigenvalue weighted by Crippen LogP contribution is 2.32. The number of carbonyl (C=O) groups is 1. The van der Waals surface area contributed by atoms with Crippen molar-refractivity contribution in [2.24, 2.45) is 0 Å². The largest absolute Gasteiger partial charge is 0.497 e. The average Bonchev–Trinajstić information content (AvgIpc) is 2.87. The number of anilines is 1. The summed E-state index contributed by atoms with van der Waals surface area (Å²) < 4.78 is 31.4. The molecule has 5 rings (SSSR count). The molecule has 4 heterocycles. The monoisotopic (exact) mass is 500 g/mol. The van der Waals surface area contributed by atoms with E-state index < -0.39 is 18.2 Å². The smallest absolute Gasteiger partial charge is 0.235 e. The van der Waals surface area contributed by atoms with Gasteiger partial charge in [-0.2, -0.15) is 0 Å². The third-order valence-electron chi connectivity index (χ3n) is 5.89. The van der Waals surface area contributed by atoms with Crippen LogP contribution in [0.1, 0.15) is 23.8 Å². The average molecular weight is 501 g/mol. The zero-order valence-electron chi connectivity index (χ0n) is 19.0.